The largest absolute Gasteiger partial charge is 0.464 e. The third-order valence-electron chi connectivity index (χ3n) is 5.71. The first-order chi connectivity index (χ1) is 16.6. The van der Waals surface area contributed by atoms with E-state index < -0.39 is 0 Å². The normalized spacial score (nSPS) is 19.1. The summed E-state index contributed by atoms with van der Waals surface area (Å²) in [5.41, 5.74) is 2.41. The van der Waals surface area contributed by atoms with Crippen molar-refractivity contribution in [1.29, 1.82) is 0 Å². The summed E-state index contributed by atoms with van der Waals surface area (Å²) >= 11 is 3.53. The highest BCUT2D eigenvalue weighted by Crippen LogP contribution is 2.36. The lowest BCUT2D eigenvalue weighted by Gasteiger charge is -2.35. The summed E-state index contributed by atoms with van der Waals surface area (Å²) in [6.45, 7) is 0.357. The lowest BCUT2D eigenvalue weighted by Crippen LogP contribution is -2.46. The van der Waals surface area contributed by atoms with Crippen LogP contribution in [0, 0.1) is 5.92 Å². The standard InChI is InChI=1S/C24H22BrN5O4/c1-28-22-17(13-29(24(28)32)20-8-3-2-7-19(20)25)12-26-23(27-22)30(21-15-33-9-10-34-21)18-6-4-5-16(11-18)14-31/h2-10,12,15-16,31H,11,13-14H2,1H3. The average Bonchev–Trinajstić information content (AvgIpc) is 2.88. The molecule has 2 amide bonds. The van der Waals surface area contributed by atoms with Gasteiger partial charge in [0.15, 0.2) is 6.26 Å². The molecule has 1 aromatic carbocycles. The molecule has 5 rings (SSSR count). The molecule has 1 atom stereocenters. The molecule has 9 nitrogen and oxygen atoms in total. The zero-order valence-corrected chi connectivity index (χ0v) is 19.9. The Labute approximate surface area is 205 Å². The Bertz CT molecular complexity index is 1240. The van der Waals surface area contributed by atoms with Crippen LogP contribution in [0.25, 0.3) is 0 Å². The molecule has 0 fully saturated rings. The SMILES string of the molecule is CN1C(=O)N(c2ccccc2Br)Cc2cnc(N(C3=CC=CC(CO)C3)C3=COC=CO3)nc21. The second-order valence-electron chi connectivity index (χ2n) is 7.91. The number of para-hydroxylation sites is 1. The highest BCUT2D eigenvalue weighted by Gasteiger charge is 2.33. The predicted molar refractivity (Wildman–Crippen MR) is 130 cm³/mol. The number of aliphatic hydroxyl groups is 1. The van der Waals surface area contributed by atoms with Crippen LogP contribution in [-0.4, -0.2) is 34.8 Å². The van der Waals surface area contributed by atoms with Gasteiger partial charge in [-0.25, -0.2) is 14.7 Å². The van der Waals surface area contributed by atoms with Crippen molar-refractivity contribution in [3.05, 3.63) is 89.1 Å². The van der Waals surface area contributed by atoms with E-state index in [1.165, 1.54) is 23.7 Å². The smallest absolute Gasteiger partial charge is 0.330 e. The van der Waals surface area contributed by atoms with Gasteiger partial charge >= 0.3 is 6.03 Å². The lowest BCUT2D eigenvalue weighted by molar-refractivity contribution is 0.241. The molecule has 2 aromatic rings. The molecule has 0 saturated heterocycles. The summed E-state index contributed by atoms with van der Waals surface area (Å²) in [7, 11) is 1.69. The van der Waals surface area contributed by atoms with Crippen molar-refractivity contribution in [1.82, 2.24) is 9.97 Å². The van der Waals surface area contributed by atoms with Gasteiger partial charge in [0.2, 0.25) is 11.8 Å². The van der Waals surface area contributed by atoms with E-state index in [-0.39, 0.29) is 18.6 Å². The van der Waals surface area contributed by atoms with Crippen LogP contribution in [0.5, 0.6) is 0 Å². The minimum Gasteiger partial charge on any atom is -0.464 e. The number of carbonyl (C=O) groups excluding carboxylic acids is 1. The Morgan fingerprint density at radius 3 is 2.91 bits per heavy atom. The lowest BCUT2D eigenvalue weighted by atomic mass is 9.98. The molecule has 10 heteroatoms. The van der Waals surface area contributed by atoms with Crippen molar-refractivity contribution >= 4 is 39.4 Å². The van der Waals surface area contributed by atoms with Gasteiger partial charge in [0.1, 0.15) is 18.3 Å². The van der Waals surface area contributed by atoms with Gasteiger partial charge in [-0.1, -0.05) is 24.3 Å². The summed E-state index contributed by atoms with van der Waals surface area (Å²) < 4.78 is 11.8. The zero-order valence-electron chi connectivity index (χ0n) is 18.3. The van der Waals surface area contributed by atoms with Gasteiger partial charge in [0.25, 0.3) is 0 Å². The Morgan fingerprint density at radius 2 is 2.15 bits per heavy atom. The number of aromatic nitrogens is 2. The number of benzene rings is 1. The summed E-state index contributed by atoms with van der Waals surface area (Å²) in [5.74, 6) is 1.18. The summed E-state index contributed by atoms with van der Waals surface area (Å²) in [6, 6.07) is 7.38. The van der Waals surface area contributed by atoms with E-state index in [4.69, 9.17) is 14.5 Å². The van der Waals surface area contributed by atoms with Gasteiger partial charge < -0.3 is 14.6 Å². The summed E-state index contributed by atoms with van der Waals surface area (Å²) in [4.78, 5) is 27.5. The van der Waals surface area contributed by atoms with Crippen molar-refractivity contribution in [3.8, 4) is 0 Å². The molecule has 1 aliphatic carbocycles. The number of fused-ring (bicyclic) bond motifs is 1. The van der Waals surface area contributed by atoms with E-state index in [1.807, 2.05) is 42.5 Å². The first kappa shape index (κ1) is 22.2. The van der Waals surface area contributed by atoms with Gasteiger partial charge in [0, 0.05) is 41.5 Å². The molecule has 0 spiro atoms. The monoisotopic (exact) mass is 523 g/mol. The fraction of sp³-hybridized carbons (Fsp3) is 0.208. The number of allylic oxidation sites excluding steroid dienone is 3. The maximum absolute atomic E-state index is 13.3. The molecule has 1 aromatic heterocycles. The van der Waals surface area contributed by atoms with E-state index in [2.05, 4.69) is 20.9 Å². The van der Waals surface area contributed by atoms with Crippen molar-refractivity contribution in [2.45, 2.75) is 13.0 Å². The maximum atomic E-state index is 13.3. The van der Waals surface area contributed by atoms with Gasteiger partial charge in [-0.2, -0.15) is 4.98 Å². The number of aliphatic hydroxyl groups excluding tert-OH is 1. The molecule has 0 bridgehead atoms. The van der Waals surface area contributed by atoms with Crippen LogP contribution in [0.4, 0.5) is 22.2 Å². The number of carbonyl (C=O) groups is 1. The Kier molecular flexibility index (Phi) is 6.08. The number of urea groups is 1. The molecule has 174 valence electrons. The number of hydrogen-bond acceptors (Lipinski definition) is 7. The molecular weight excluding hydrogens is 502 g/mol. The van der Waals surface area contributed by atoms with Crippen LogP contribution in [0.15, 0.2) is 83.5 Å². The molecule has 0 radical (unpaired) electrons. The molecule has 1 N–H and O–H groups in total. The fourth-order valence-electron chi connectivity index (χ4n) is 4.02. The number of rotatable bonds is 5. The molecule has 34 heavy (non-hydrogen) atoms. The van der Waals surface area contributed by atoms with Gasteiger partial charge in [-0.3, -0.25) is 9.80 Å². The minimum absolute atomic E-state index is 0.0190. The number of hydrogen-bond donors (Lipinski definition) is 1. The Hall–Kier alpha value is -3.63. The predicted octanol–water partition coefficient (Wildman–Crippen LogP) is 4.39. The molecule has 3 aliphatic rings. The van der Waals surface area contributed by atoms with E-state index in [1.54, 1.807) is 23.0 Å². The van der Waals surface area contributed by atoms with E-state index in [0.717, 1.165) is 21.4 Å². The van der Waals surface area contributed by atoms with Crippen LogP contribution in [0.3, 0.4) is 0 Å². The van der Waals surface area contributed by atoms with Crippen LogP contribution < -0.4 is 14.7 Å². The van der Waals surface area contributed by atoms with Gasteiger partial charge in [-0.15, -0.1) is 0 Å². The zero-order chi connectivity index (χ0) is 23.7. The Balaban J connectivity index is 1.53. The Morgan fingerprint density at radius 1 is 1.29 bits per heavy atom. The number of anilines is 3. The van der Waals surface area contributed by atoms with Crippen LogP contribution in [-0.2, 0) is 16.0 Å². The van der Waals surface area contributed by atoms with Crippen LogP contribution in [0.2, 0.25) is 0 Å². The molecule has 0 saturated carbocycles. The third kappa shape index (κ3) is 4.06. The second-order valence-corrected chi connectivity index (χ2v) is 8.76. The van der Waals surface area contributed by atoms with Crippen molar-refractivity contribution in [3.63, 3.8) is 0 Å². The number of ether oxygens (including phenoxy) is 2. The second kappa shape index (κ2) is 9.32. The van der Waals surface area contributed by atoms with Crippen LogP contribution >= 0.6 is 15.9 Å². The summed E-state index contributed by atoms with van der Waals surface area (Å²) in [6.07, 6.45) is 12.3. The highest BCUT2D eigenvalue weighted by molar-refractivity contribution is 9.10. The molecule has 1 unspecified atom stereocenters. The fourth-order valence-corrected chi connectivity index (χ4v) is 4.51. The van der Waals surface area contributed by atoms with Crippen molar-refractivity contribution < 1.29 is 19.4 Å². The van der Waals surface area contributed by atoms with E-state index in [0.29, 0.717) is 30.6 Å². The van der Waals surface area contributed by atoms with Gasteiger partial charge in [0.05, 0.1) is 12.2 Å². The van der Waals surface area contributed by atoms with Crippen molar-refractivity contribution in [2.24, 2.45) is 5.92 Å². The topological polar surface area (TPSA) is 91.3 Å². The number of amides is 2. The third-order valence-corrected chi connectivity index (χ3v) is 6.38. The first-order valence-electron chi connectivity index (χ1n) is 10.7. The highest BCUT2D eigenvalue weighted by atomic mass is 79.9. The molecule has 3 heterocycles. The first-order valence-corrected chi connectivity index (χ1v) is 11.5. The summed E-state index contributed by atoms with van der Waals surface area (Å²) in [5, 5.41) is 9.67. The van der Waals surface area contributed by atoms with Crippen molar-refractivity contribution in [2.75, 3.05) is 28.4 Å². The number of halogens is 1. The van der Waals surface area contributed by atoms with E-state index >= 15 is 0 Å². The minimum atomic E-state index is -0.199. The number of nitrogens with zero attached hydrogens (tertiary/aromatic N) is 5. The van der Waals surface area contributed by atoms with Gasteiger partial charge in [-0.05, 0) is 40.6 Å². The maximum Gasteiger partial charge on any atom is 0.330 e. The quantitative estimate of drug-likeness (QED) is 0.621. The molecular formula is C24H22BrN5O4. The molecule has 2 aliphatic heterocycles. The average molecular weight is 524 g/mol. The van der Waals surface area contributed by atoms with E-state index in [9.17, 15) is 9.90 Å². The van der Waals surface area contributed by atoms with Crippen LogP contribution in [0.1, 0.15) is 12.0 Å².